The summed E-state index contributed by atoms with van der Waals surface area (Å²) in [5.41, 5.74) is 0.491. The van der Waals surface area contributed by atoms with Crippen molar-refractivity contribution in [2.45, 2.75) is 10.9 Å². The Morgan fingerprint density at radius 3 is 2.50 bits per heavy atom. The van der Waals surface area contributed by atoms with Crippen LogP contribution in [0.3, 0.4) is 0 Å². The number of hydrogen-bond acceptors (Lipinski definition) is 5. The molecule has 0 fully saturated rings. The molecule has 0 bridgehead atoms. The molecule has 0 saturated carbocycles. The average Bonchev–Trinajstić information content (AvgIpc) is 2.67. The minimum atomic E-state index is -3.81. The molecule has 146 valence electrons. The van der Waals surface area contributed by atoms with Crippen LogP contribution >= 0.6 is 11.6 Å². The van der Waals surface area contributed by atoms with E-state index in [9.17, 15) is 18.0 Å². The van der Waals surface area contributed by atoms with Gasteiger partial charge in [-0.25, -0.2) is 18.0 Å². The number of urea groups is 1. The number of hydrogen-bond donors (Lipinski definition) is 2. The summed E-state index contributed by atoms with van der Waals surface area (Å²) in [6.07, 6.45) is 0. The molecule has 1 aliphatic rings. The second-order valence-electron chi connectivity index (χ2n) is 6.04. The molecule has 9 heteroatoms. The Balaban J connectivity index is 2.10. The normalized spacial score (nSPS) is 16.9. The van der Waals surface area contributed by atoms with Gasteiger partial charge in [0, 0.05) is 10.7 Å². The van der Waals surface area contributed by atoms with Crippen molar-refractivity contribution in [1.82, 2.24) is 10.6 Å². The Kier molecular flexibility index (Phi) is 5.71. The Hall–Kier alpha value is -2.84. The monoisotopic (exact) mass is 420 g/mol. The van der Waals surface area contributed by atoms with Crippen molar-refractivity contribution >= 4 is 33.4 Å². The number of carbonyl (C=O) groups is 2. The number of esters is 1. The molecular formula is C19H17ClN2O5S. The first-order chi connectivity index (χ1) is 13.3. The van der Waals surface area contributed by atoms with Crippen molar-refractivity contribution in [3.63, 3.8) is 0 Å². The highest BCUT2D eigenvalue weighted by Gasteiger charge is 2.35. The highest BCUT2D eigenvalue weighted by molar-refractivity contribution is 7.91. The van der Waals surface area contributed by atoms with Gasteiger partial charge in [0.15, 0.2) is 9.84 Å². The van der Waals surface area contributed by atoms with Crippen molar-refractivity contribution in [3.8, 4) is 0 Å². The minimum Gasteiger partial charge on any atom is -0.466 e. The number of ether oxygens (including phenoxy) is 1. The molecule has 2 aromatic carbocycles. The van der Waals surface area contributed by atoms with Crippen LogP contribution in [0.5, 0.6) is 0 Å². The number of amides is 2. The molecule has 0 unspecified atom stereocenters. The number of sulfone groups is 1. The van der Waals surface area contributed by atoms with Crippen molar-refractivity contribution in [1.29, 1.82) is 0 Å². The zero-order chi connectivity index (χ0) is 20.3. The molecule has 0 saturated heterocycles. The molecular weight excluding hydrogens is 404 g/mol. The van der Waals surface area contributed by atoms with Gasteiger partial charge in [0.1, 0.15) is 0 Å². The van der Waals surface area contributed by atoms with Crippen LogP contribution in [-0.2, 0) is 19.4 Å². The summed E-state index contributed by atoms with van der Waals surface area (Å²) in [4.78, 5) is 24.7. The first-order valence-electron chi connectivity index (χ1n) is 8.24. The van der Waals surface area contributed by atoms with E-state index in [1.807, 2.05) is 0 Å². The zero-order valence-corrected chi connectivity index (χ0v) is 16.4. The summed E-state index contributed by atoms with van der Waals surface area (Å²) in [6.45, 7) is 0. The average molecular weight is 421 g/mol. The third-order valence-electron chi connectivity index (χ3n) is 4.18. The number of carbonyl (C=O) groups excluding carboxylic acids is 2. The maximum absolute atomic E-state index is 12.8. The van der Waals surface area contributed by atoms with E-state index in [0.29, 0.717) is 10.6 Å². The van der Waals surface area contributed by atoms with Crippen LogP contribution in [0.15, 0.2) is 70.8 Å². The Morgan fingerprint density at radius 1 is 1.14 bits per heavy atom. The number of benzene rings is 2. The molecule has 2 amide bonds. The molecule has 0 aliphatic carbocycles. The highest BCUT2D eigenvalue weighted by atomic mass is 35.5. The third-order valence-corrected chi connectivity index (χ3v) is 6.07. The number of rotatable bonds is 5. The molecule has 1 aliphatic heterocycles. The molecule has 28 heavy (non-hydrogen) atoms. The number of methoxy groups -OCH3 is 1. The van der Waals surface area contributed by atoms with Gasteiger partial charge in [-0.3, -0.25) is 0 Å². The molecule has 3 rings (SSSR count). The summed E-state index contributed by atoms with van der Waals surface area (Å²) in [5.74, 6) is -1.32. The Labute approximate surface area is 167 Å². The first-order valence-corrected chi connectivity index (χ1v) is 10.3. The van der Waals surface area contributed by atoms with Gasteiger partial charge in [-0.05, 0) is 29.8 Å². The lowest BCUT2D eigenvalue weighted by atomic mass is 9.95. The van der Waals surface area contributed by atoms with E-state index >= 15 is 0 Å². The molecule has 2 aromatic rings. The fourth-order valence-electron chi connectivity index (χ4n) is 2.92. The number of halogens is 1. The van der Waals surface area contributed by atoms with Crippen molar-refractivity contribution < 1.29 is 22.7 Å². The molecule has 0 radical (unpaired) electrons. The fourth-order valence-corrected chi connectivity index (χ4v) is 4.47. The maximum Gasteiger partial charge on any atom is 0.338 e. The second kappa shape index (κ2) is 8.04. The van der Waals surface area contributed by atoms with Crippen molar-refractivity contribution in [2.24, 2.45) is 0 Å². The van der Waals surface area contributed by atoms with Crippen LogP contribution < -0.4 is 10.6 Å². The molecule has 1 heterocycles. The van der Waals surface area contributed by atoms with Gasteiger partial charge in [-0.15, -0.1) is 0 Å². The third kappa shape index (κ3) is 4.18. The van der Waals surface area contributed by atoms with Gasteiger partial charge in [-0.2, -0.15) is 0 Å². The van der Waals surface area contributed by atoms with Gasteiger partial charge in [0.05, 0.1) is 29.4 Å². The van der Waals surface area contributed by atoms with E-state index in [2.05, 4.69) is 10.6 Å². The minimum absolute atomic E-state index is 0.00359. The topological polar surface area (TPSA) is 102 Å². The SMILES string of the molecule is COC(=O)C1=C(CS(=O)(=O)c2ccccc2)NC(=O)N[C@H]1c1cccc(Cl)c1. The lowest BCUT2D eigenvalue weighted by Gasteiger charge is -2.29. The summed E-state index contributed by atoms with van der Waals surface area (Å²) >= 11 is 6.03. The van der Waals surface area contributed by atoms with Gasteiger partial charge < -0.3 is 15.4 Å². The van der Waals surface area contributed by atoms with Crippen LogP contribution in [0, 0.1) is 0 Å². The molecule has 0 aromatic heterocycles. The Morgan fingerprint density at radius 2 is 1.86 bits per heavy atom. The quantitative estimate of drug-likeness (QED) is 0.724. The molecule has 7 nitrogen and oxygen atoms in total. The molecule has 0 spiro atoms. The van der Waals surface area contributed by atoms with E-state index in [0.717, 1.165) is 0 Å². The van der Waals surface area contributed by atoms with Crippen LogP contribution in [0.1, 0.15) is 11.6 Å². The Bertz CT molecular complexity index is 1050. The summed E-state index contributed by atoms with van der Waals surface area (Å²) in [7, 11) is -2.62. The zero-order valence-electron chi connectivity index (χ0n) is 14.8. The lowest BCUT2D eigenvalue weighted by Crippen LogP contribution is -2.47. The van der Waals surface area contributed by atoms with Gasteiger partial charge in [-0.1, -0.05) is 41.9 Å². The fraction of sp³-hybridized carbons (Fsp3) is 0.158. The number of nitrogens with one attached hydrogen (secondary N) is 2. The van der Waals surface area contributed by atoms with Crippen molar-refractivity contribution in [2.75, 3.05) is 12.9 Å². The molecule has 1 atom stereocenters. The van der Waals surface area contributed by atoms with Crippen LogP contribution in [0.2, 0.25) is 5.02 Å². The van der Waals surface area contributed by atoms with E-state index in [4.69, 9.17) is 16.3 Å². The summed E-state index contributed by atoms with van der Waals surface area (Å²) < 4.78 is 30.4. The van der Waals surface area contributed by atoms with Gasteiger partial charge in [0.2, 0.25) is 0 Å². The van der Waals surface area contributed by atoms with E-state index in [1.165, 1.54) is 19.2 Å². The smallest absolute Gasteiger partial charge is 0.338 e. The van der Waals surface area contributed by atoms with Gasteiger partial charge in [0.25, 0.3) is 0 Å². The second-order valence-corrected chi connectivity index (χ2v) is 8.47. The predicted molar refractivity (Wildman–Crippen MR) is 103 cm³/mol. The van der Waals surface area contributed by atoms with Gasteiger partial charge >= 0.3 is 12.0 Å². The van der Waals surface area contributed by atoms with E-state index < -0.39 is 33.6 Å². The summed E-state index contributed by atoms with van der Waals surface area (Å²) in [6, 6.07) is 12.8. The lowest BCUT2D eigenvalue weighted by molar-refractivity contribution is -0.136. The standard InChI is InChI=1S/C19H17ClN2O5S/c1-27-18(23)16-15(11-28(25,26)14-8-3-2-4-9-14)21-19(24)22-17(16)12-6-5-7-13(20)10-12/h2-10,17H,11H2,1H3,(H2,21,22,24)/t17-/m0/s1. The maximum atomic E-state index is 12.8. The predicted octanol–water partition coefficient (Wildman–Crippen LogP) is 2.59. The summed E-state index contributed by atoms with van der Waals surface area (Å²) in [5, 5.41) is 5.47. The van der Waals surface area contributed by atoms with Crippen molar-refractivity contribution in [3.05, 3.63) is 76.5 Å². The highest BCUT2D eigenvalue weighted by Crippen LogP contribution is 2.30. The van der Waals surface area contributed by atoms with E-state index in [1.54, 1.807) is 42.5 Å². The largest absolute Gasteiger partial charge is 0.466 e. The van der Waals surface area contributed by atoms with Crippen LogP contribution in [0.25, 0.3) is 0 Å². The van der Waals surface area contributed by atoms with Crippen LogP contribution in [-0.4, -0.2) is 33.3 Å². The van der Waals surface area contributed by atoms with E-state index in [-0.39, 0.29) is 16.2 Å². The van der Waals surface area contributed by atoms with Crippen LogP contribution in [0.4, 0.5) is 4.79 Å². The molecule has 2 N–H and O–H groups in total. The first kappa shape index (κ1) is 19.9.